The number of rotatable bonds is 5. The number of nitrogens with zero attached hydrogens (tertiary/aromatic N) is 2. The van der Waals surface area contributed by atoms with Crippen LogP contribution in [0, 0.1) is 0 Å². The van der Waals surface area contributed by atoms with Crippen molar-refractivity contribution in [2.24, 2.45) is 0 Å². The van der Waals surface area contributed by atoms with Crippen molar-refractivity contribution in [3.8, 4) is 5.75 Å². The highest BCUT2D eigenvalue weighted by atomic mass is 32.2. The molecule has 33 heavy (non-hydrogen) atoms. The molecule has 2 aliphatic heterocycles. The van der Waals surface area contributed by atoms with Crippen molar-refractivity contribution in [3.63, 3.8) is 0 Å². The summed E-state index contributed by atoms with van der Waals surface area (Å²) in [5.41, 5.74) is 0.768. The van der Waals surface area contributed by atoms with Crippen molar-refractivity contribution in [1.82, 2.24) is 14.5 Å². The van der Waals surface area contributed by atoms with Crippen LogP contribution in [-0.4, -0.2) is 74.2 Å². The lowest BCUT2D eigenvalue weighted by Gasteiger charge is -2.34. The number of carbonyl (C=O) groups is 3. The molecule has 174 valence electrons. The first kappa shape index (κ1) is 22.7. The molecule has 0 saturated carbocycles. The third-order valence-corrected chi connectivity index (χ3v) is 7.44. The summed E-state index contributed by atoms with van der Waals surface area (Å²) in [4.78, 5) is 38.0. The number of sulfonamides is 1. The molecule has 0 aromatic heterocycles. The van der Waals surface area contributed by atoms with Gasteiger partial charge in [0.05, 0.1) is 17.1 Å². The number of ether oxygens (including phenoxy) is 1. The van der Waals surface area contributed by atoms with E-state index in [2.05, 4.69) is 10.6 Å². The van der Waals surface area contributed by atoms with Crippen LogP contribution in [0.2, 0.25) is 0 Å². The van der Waals surface area contributed by atoms with E-state index in [1.807, 2.05) is 0 Å². The Labute approximate surface area is 191 Å². The zero-order valence-corrected chi connectivity index (χ0v) is 18.8. The lowest BCUT2D eigenvalue weighted by molar-refractivity contribution is -0.131. The van der Waals surface area contributed by atoms with Gasteiger partial charge < -0.3 is 20.3 Å². The summed E-state index contributed by atoms with van der Waals surface area (Å²) in [6, 6.07) is 12.9. The molecular weight excluding hydrogens is 448 g/mol. The van der Waals surface area contributed by atoms with Crippen LogP contribution in [0.3, 0.4) is 0 Å². The Bertz CT molecular complexity index is 1180. The van der Waals surface area contributed by atoms with Gasteiger partial charge in [-0.1, -0.05) is 18.2 Å². The average molecular weight is 473 g/mol. The topological polar surface area (TPSA) is 125 Å². The van der Waals surface area contributed by atoms with Crippen LogP contribution in [0.5, 0.6) is 5.75 Å². The van der Waals surface area contributed by atoms with Crippen molar-refractivity contribution < 1.29 is 27.5 Å². The molecule has 2 heterocycles. The zero-order valence-electron chi connectivity index (χ0n) is 18.0. The van der Waals surface area contributed by atoms with Crippen LogP contribution in [0.4, 0.5) is 5.69 Å². The number of benzene rings is 2. The summed E-state index contributed by atoms with van der Waals surface area (Å²) >= 11 is 0. The maximum absolute atomic E-state index is 13.1. The second kappa shape index (κ2) is 9.20. The van der Waals surface area contributed by atoms with E-state index < -0.39 is 16.1 Å². The van der Waals surface area contributed by atoms with Gasteiger partial charge in [0.15, 0.2) is 6.10 Å². The Morgan fingerprint density at radius 3 is 2.48 bits per heavy atom. The summed E-state index contributed by atoms with van der Waals surface area (Å²) in [5, 5.41) is 5.24. The monoisotopic (exact) mass is 472 g/mol. The lowest BCUT2D eigenvalue weighted by atomic mass is 10.2. The van der Waals surface area contributed by atoms with E-state index in [0.29, 0.717) is 17.0 Å². The molecule has 2 aliphatic rings. The van der Waals surface area contributed by atoms with E-state index in [1.54, 1.807) is 37.3 Å². The minimum absolute atomic E-state index is 0.0367. The summed E-state index contributed by atoms with van der Waals surface area (Å²) < 4.78 is 32.9. The molecule has 3 amide bonds. The Balaban J connectivity index is 1.34. The summed E-state index contributed by atoms with van der Waals surface area (Å²) in [5.74, 6) is -0.556. The van der Waals surface area contributed by atoms with Crippen molar-refractivity contribution in [1.29, 1.82) is 0 Å². The number of carbonyl (C=O) groups excluding carboxylic acids is 3. The van der Waals surface area contributed by atoms with Crippen molar-refractivity contribution in [2.75, 3.05) is 38.0 Å². The average Bonchev–Trinajstić information content (AvgIpc) is 2.83. The smallest absolute Gasteiger partial charge is 0.265 e. The van der Waals surface area contributed by atoms with Gasteiger partial charge in [-0.3, -0.25) is 14.4 Å². The Morgan fingerprint density at radius 2 is 1.79 bits per heavy atom. The van der Waals surface area contributed by atoms with E-state index in [4.69, 9.17) is 4.74 Å². The molecule has 1 saturated heterocycles. The fourth-order valence-corrected chi connectivity index (χ4v) is 5.08. The molecule has 0 radical (unpaired) electrons. The zero-order chi connectivity index (χ0) is 23.6. The largest absolute Gasteiger partial charge is 0.479 e. The van der Waals surface area contributed by atoms with Gasteiger partial charge in [0.2, 0.25) is 15.9 Å². The van der Waals surface area contributed by atoms with Crippen LogP contribution in [0.25, 0.3) is 0 Å². The quantitative estimate of drug-likeness (QED) is 0.659. The van der Waals surface area contributed by atoms with Gasteiger partial charge in [-0.05, 0) is 37.3 Å². The second-order valence-corrected chi connectivity index (χ2v) is 9.68. The first-order chi connectivity index (χ1) is 15.8. The Kier molecular flexibility index (Phi) is 6.34. The van der Waals surface area contributed by atoms with Crippen molar-refractivity contribution in [3.05, 3.63) is 54.1 Å². The van der Waals surface area contributed by atoms with E-state index in [9.17, 15) is 22.8 Å². The molecule has 2 aromatic carbocycles. The van der Waals surface area contributed by atoms with E-state index in [0.717, 1.165) is 0 Å². The van der Waals surface area contributed by atoms with E-state index in [1.165, 1.54) is 27.4 Å². The third-order valence-electron chi connectivity index (χ3n) is 5.55. The highest BCUT2D eigenvalue weighted by molar-refractivity contribution is 7.89. The molecule has 11 heteroatoms. The van der Waals surface area contributed by atoms with Gasteiger partial charge in [-0.2, -0.15) is 4.31 Å². The maximum Gasteiger partial charge on any atom is 0.265 e. The number of piperazine rings is 1. The number of hydrogen-bond acceptors (Lipinski definition) is 6. The fourth-order valence-electron chi connectivity index (χ4n) is 3.63. The maximum atomic E-state index is 13.1. The van der Waals surface area contributed by atoms with Crippen LogP contribution in [0.1, 0.15) is 17.3 Å². The predicted octanol–water partition coefficient (Wildman–Crippen LogP) is 0.669. The Morgan fingerprint density at radius 1 is 1.09 bits per heavy atom. The number of anilines is 1. The van der Waals surface area contributed by atoms with Crippen molar-refractivity contribution in [2.45, 2.75) is 17.9 Å². The SMILES string of the molecule is CC1Oc2ccc(S(=O)(=O)N3CCN(C(=O)CNC(=O)c4ccccc4)CC3)cc2NC1=O. The van der Waals surface area contributed by atoms with Gasteiger partial charge in [0.25, 0.3) is 11.8 Å². The highest BCUT2D eigenvalue weighted by Crippen LogP contribution is 2.32. The van der Waals surface area contributed by atoms with Crippen LogP contribution < -0.4 is 15.4 Å². The molecule has 1 fully saturated rings. The fraction of sp³-hybridized carbons (Fsp3) is 0.318. The predicted molar refractivity (Wildman–Crippen MR) is 119 cm³/mol. The van der Waals surface area contributed by atoms with Gasteiger partial charge in [0.1, 0.15) is 5.75 Å². The number of fused-ring (bicyclic) bond motifs is 1. The number of hydrogen-bond donors (Lipinski definition) is 2. The molecule has 1 atom stereocenters. The molecule has 10 nitrogen and oxygen atoms in total. The van der Waals surface area contributed by atoms with Gasteiger partial charge in [-0.15, -0.1) is 0 Å². The molecule has 0 spiro atoms. The Hall–Kier alpha value is -3.44. The summed E-state index contributed by atoms with van der Waals surface area (Å²) in [6.45, 7) is 2.11. The number of nitrogens with one attached hydrogen (secondary N) is 2. The molecule has 2 aromatic rings. The summed E-state index contributed by atoms with van der Waals surface area (Å²) in [6.07, 6.45) is -0.650. The molecule has 0 aliphatic carbocycles. The standard InChI is InChI=1S/C22H24N4O6S/c1-15-21(28)24-18-13-17(7-8-19(18)32-15)33(30,31)26-11-9-25(10-12-26)20(27)14-23-22(29)16-5-3-2-4-6-16/h2-8,13,15H,9-12,14H2,1H3,(H,23,29)(H,24,28). The van der Waals surface area contributed by atoms with Gasteiger partial charge in [-0.25, -0.2) is 8.42 Å². The molecule has 0 bridgehead atoms. The second-order valence-electron chi connectivity index (χ2n) is 7.74. The first-order valence-electron chi connectivity index (χ1n) is 10.5. The van der Waals surface area contributed by atoms with E-state index in [-0.39, 0.29) is 55.3 Å². The summed E-state index contributed by atoms with van der Waals surface area (Å²) in [7, 11) is -3.82. The van der Waals surface area contributed by atoms with Crippen LogP contribution in [-0.2, 0) is 19.6 Å². The van der Waals surface area contributed by atoms with Gasteiger partial charge >= 0.3 is 0 Å². The molecule has 1 unspecified atom stereocenters. The van der Waals surface area contributed by atoms with Gasteiger partial charge in [0, 0.05) is 31.7 Å². The van der Waals surface area contributed by atoms with E-state index >= 15 is 0 Å². The minimum Gasteiger partial charge on any atom is -0.479 e. The normalized spacial score (nSPS) is 18.6. The first-order valence-corrected chi connectivity index (χ1v) is 11.9. The molecular formula is C22H24N4O6S. The van der Waals surface area contributed by atoms with Crippen molar-refractivity contribution >= 4 is 33.4 Å². The molecule has 4 rings (SSSR count). The van der Waals surface area contributed by atoms with Crippen LogP contribution in [0.15, 0.2) is 53.4 Å². The van der Waals surface area contributed by atoms with Crippen LogP contribution >= 0.6 is 0 Å². The molecule has 2 N–H and O–H groups in total. The number of amides is 3. The lowest BCUT2D eigenvalue weighted by Crippen LogP contribution is -2.52. The third kappa shape index (κ3) is 4.83. The minimum atomic E-state index is -3.82. The highest BCUT2D eigenvalue weighted by Gasteiger charge is 2.32.